The van der Waals surface area contributed by atoms with Gasteiger partial charge in [0.05, 0.1) is 0 Å². The summed E-state index contributed by atoms with van der Waals surface area (Å²) in [5.41, 5.74) is 11.2. The summed E-state index contributed by atoms with van der Waals surface area (Å²) in [6, 6.07) is 0. The van der Waals surface area contributed by atoms with Crippen LogP contribution in [0.2, 0.25) is 0 Å². The monoisotopic (exact) mass is 483 g/mol. The fourth-order valence-electron chi connectivity index (χ4n) is 2.40. The van der Waals surface area contributed by atoms with Crippen LogP contribution >= 0.6 is 0 Å². The maximum atomic E-state index is 9.28. The van der Waals surface area contributed by atoms with E-state index in [-0.39, 0.29) is 39.1 Å². The maximum Gasteiger partial charge on any atom is 2.00 e. The molecule has 4 N–H and O–H groups in total. The number of carbonyl (C=O) groups is 2. The molecule has 0 aromatic heterocycles. The van der Waals surface area contributed by atoms with Crippen LogP contribution < -0.4 is 21.7 Å². The molecule has 0 radical (unpaired) electrons. The molecule has 2 rings (SSSR count). The molecule has 1 heterocycles. The van der Waals surface area contributed by atoms with Gasteiger partial charge in [-0.05, 0) is 12.8 Å². The van der Waals surface area contributed by atoms with Crippen molar-refractivity contribution in [1.82, 2.24) is 0 Å². The molecule has 1 aliphatic carbocycles. The van der Waals surface area contributed by atoms with Crippen LogP contribution in [0.25, 0.3) is 0 Å². The summed E-state index contributed by atoms with van der Waals surface area (Å²) in [6.07, 6.45) is 3.36. The molecule has 9 heteroatoms. The second-order valence-electron chi connectivity index (χ2n) is 4.82. The third-order valence-corrected chi connectivity index (χ3v) is 3.27. The number of hydrogen-bond acceptors (Lipinski definition) is 8. The second kappa shape index (κ2) is 9.48. The number of rotatable bonds is 4. The smallest absolute Gasteiger partial charge is 0.550 e. The number of ether oxygens (including phenoxy) is 2. The molecule has 124 valence electrons. The average Bonchev–Trinajstić information content (AvgIpc) is 2.96. The number of carbonyl (C=O) groups excluding carboxylic acids is 2. The van der Waals surface area contributed by atoms with E-state index in [2.05, 4.69) is 0 Å². The number of carboxylic acid groups (broad SMARTS) is 2. The minimum atomic E-state index is -1.63. The fourth-order valence-corrected chi connectivity index (χ4v) is 2.40. The molecule has 0 amide bonds. The van der Waals surface area contributed by atoms with Crippen LogP contribution in [0.1, 0.15) is 32.1 Å². The summed E-state index contributed by atoms with van der Waals surface area (Å²) in [4.78, 5) is 18.6. The summed E-state index contributed by atoms with van der Waals surface area (Å²) in [7, 11) is 0. The summed E-state index contributed by atoms with van der Waals surface area (Å²) >= 11 is 0. The molecule has 0 aromatic rings. The summed E-state index contributed by atoms with van der Waals surface area (Å²) in [6.45, 7) is 1.01. The predicted molar refractivity (Wildman–Crippen MR) is 63.7 cm³/mol. The fraction of sp³-hybridized carbons (Fsp3) is 0.833. The molecule has 1 saturated heterocycles. The SMILES string of the molecule is NCC1OC2(CCCC2)OC1CN.O=C([O-])CC(=O)[O-].[Pt+2]. The largest absolute Gasteiger partial charge is 2.00 e. The van der Waals surface area contributed by atoms with Crippen LogP contribution in [0.4, 0.5) is 0 Å². The summed E-state index contributed by atoms with van der Waals surface area (Å²) in [5, 5.41) is 18.6. The van der Waals surface area contributed by atoms with Gasteiger partial charge in [0.25, 0.3) is 0 Å². The Bertz CT molecular complexity index is 323. The Morgan fingerprint density at radius 1 is 1.00 bits per heavy atom. The van der Waals surface area contributed by atoms with E-state index >= 15 is 0 Å². The van der Waals surface area contributed by atoms with Gasteiger partial charge in [-0.3, -0.25) is 0 Å². The second-order valence-corrected chi connectivity index (χ2v) is 4.82. The predicted octanol–water partition coefficient (Wildman–Crippen LogP) is -3.17. The Kier molecular flexibility index (Phi) is 9.24. The quantitative estimate of drug-likeness (QED) is 0.398. The number of hydrogen-bond donors (Lipinski definition) is 2. The van der Waals surface area contributed by atoms with Gasteiger partial charge in [-0.15, -0.1) is 0 Å². The molecule has 2 atom stereocenters. The van der Waals surface area contributed by atoms with E-state index < -0.39 is 18.4 Å². The molecule has 0 aromatic carbocycles. The first kappa shape index (κ1) is 20.5. The van der Waals surface area contributed by atoms with E-state index in [0.29, 0.717) is 13.1 Å². The third kappa shape index (κ3) is 6.40. The van der Waals surface area contributed by atoms with Gasteiger partial charge in [0.2, 0.25) is 0 Å². The molecule has 8 nitrogen and oxygen atoms in total. The van der Waals surface area contributed by atoms with Crippen molar-refractivity contribution in [3.05, 3.63) is 0 Å². The van der Waals surface area contributed by atoms with Crippen molar-refractivity contribution in [1.29, 1.82) is 0 Å². The standard InChI is InChI=1S/C9H18N2O2.C3H4O4.Pt/c10-5-7-8(6-11)13-9(12-7)3-1-2-4-9;4-2(5)1-3(6)7;/h7-8H,1-6,10-11H2;1H2,(H,4,5)(H,6,7);/q;;+2/p-2. The Morgan fingerprint density at radius 3 is 1.62 bits per heavy atom. The molecular formula is C12H20N2O6Pt. The molecule has 21 heavy (non-hydrogen) atoms. The van der Waals surface area contributed by atoms with Crippen LogP contribution in [-0.2, 0) is 40.1 Å². The Morgan fingerprint density at radius 2 is 1.38 bits per heavy atom. The number of carboxylic acids is 2. The first-order valence-electron chi connectivity index (χ1n) is 6.58. The van der Waals surface area contributed by atoms with Gasteiger partial charge in [-0.1, -0.05) is 0 Å². The van der Waals surface area contributed by atoms with E-state index in [9.17, 15) is 19.8 Å². The molecule has 1 spiro atoms. The van der Waals surface area contributed by atoms with Crippen LogP contribution in [0.3, 0.4) is 0 Å². The van der Waals surface area contributed by atoms with E-state index in [1.54, 1.807) is 0 Å². The average molecular weight is 483 g/mol. The zero-order valence-electron chi connectivity index (χ0n) is 11.5. The van der Waals surface area contributed by atoms with Crippen molar-refractivity contribution in [2.45, 2.75) is 50.1 Å². The minimum Gasteiger partial charge on any atom is -0.550 e. The summed E-state index contributed by atoms with van der Waals surface area (Å²) < 4.78 is 11.7. The van der Waals surface area contributed by atoms with Gasteiger partial charge in [0.15, 0.2) is 5.79 Å². The van der Waals surface area contributed by atoms with Gasteiger partial charge in [0, 0.05) is 44.3 Å². The van der Waals surface area contributed by atoms with Gasteiger partial charge in [-0.2, -0.15) is 0 Å². The molecule has 1 saturated carbocycles. The van der Waals surface area contributed by atoms with Crippen molar-refractivity contribution in [3.63, 3.8) is 0 Å². The maximum absolute atomic E-state index is 9.28. The van der Waals surface area contributed by atoms with Gasteiger partial charge in [0.1, 0.15) is 12.2 Å². The van der Waals surface area contributed by atoms with Crippen molar-refractivity contribution in [2.75, 3.05) is 13.1 Å². The van der Waals surface area contributed by atoms with E-state index in [0.717, 1.165) is 12.8 Å². The number of nitrogens with two attached hydrogens (primary N) is 2. The normalized spacial score (nSPS) is 25.8. The van der Waals surface area contributed by atoms with Crippen molar-refractivity contribution in [3.8, 4) is 0 Å². The van der Waals surface area contributed by atoms with E-state index in [1.165, 1.54) is 12.8 Å². The molecular weight excluding hydrogens is 463 g/mol. The minimum absolute atomic E-state index is 0. The third-order valence-electron chi connectivity index (χ3n) is 3.27. The van der Waals surface area contributed by atoms with Gasteiger partial charge >= 0.3 is 21.1 Å². The van der Waals surface area contributed by atoms with E-state index in [1.807, 2.05) is 0 Å². The molecule has 2 aliphatic rings. The van der Waals surface area contributed by atoms with Crippen molar-refractivity contribution in [2.24, 2.45) is 11.5 Å². The molecule has 2 fully saturated rings. The Balaban J connectivity index is 0.000000436. The molecule has 1 aliphatic heterocycles. The first-order valence-corrected chi connectivity index (χ1v) is 6.58. The molecule has 2 unspecified atom stereocenters. The van der Waals surface area contributed by atoms with E-state index in [4.69, 9.17) is 20.9 Å². The Labute approximate surface area is 137 Å². The topological polar surface area (TPSA) is 151 Å². The van der Waals surface area contributed by atoms with Crippen LogP contribution in [0.5, 0.6) is 0 Å². The van der Waals surface area contributed by atoms with Gasteiger partial charge in [-0.25, -0.2) is 0 Å². The number of aliphatic carboxylic acids is 2. The Hall–Kier alpha value is -0.532. The zero-order valence-corrected chi connectivity index (χ0v) is 13.8. The first-order chi connectivity index (χ1) is 9.42. The van der Waals surface area contributed by atoms with Crippen LogP contribution in [0, 0.1) is 0 Å². The zero-order chi connectivity index (χ0) is 15.2. The molecule has 0 bridgehead atoms. The van der Waals surface area contributed by atoms with Crippen molar-refractivity contribution < 1.29 is 50.3 Å². The van der Waals surface area contributed by atoms with Crippen LogP contribution in [-0.4, -0.2) is 43.0 Å². The van der Waals surface area contributed by atoms with Crippen molar-refractivity contribution >= 4 is 11.9 Å². The van der Waals surface area contributed by atoms with Crippen LogP contribution in [0.15, 0.2) is 0 Å². The summed E-state index contributed by atoms with van der Waals surface area (Å²) in [5.74, 6) is -3.58. The van der Waals surface area contributed by atoms with Gasteiger partial charge < -0.3 is 40.7 Å².